The van der Waals surface area contributed by atoms with Crippen molar-refractivity contribution in [3.63, 3.8) is 0 Å². The number of carbonyl (C=O) groups is 2. The number of furan rings is 1. The van der Waals surface area contributed by atoms with E-state index < -0.39 is 28.5 Å². The molecule has 0 bridgehead atoms. The van der Waals surface area contributed by atoms with Crippen LogP contribution in [0, 0.1) is 10.1 Å². The predicted octanol–water partition coefficient (Wildman–Crippen LogP) is 3.90. The standard InChI is InChI=1S/C30H25N3O9S/c1-5-40-29(36)26-16(2)31-30-32(27(26)18-10-12-23(41-17(3)34)24(14-18)39-4)28(35)25(43-30)15-19-11-13-22(42-19)20-8-6-7-9-21(20)33(37)38/h6-15,27H,5H2,1-4H3/t27-/m0/s1. The molecule has 0 aliphatic carbocycles. The number of rotatable bonds is 8. The number of nitro groups is 1. The number of thiazole rings is 1. The second-order valence-corrected chi connectivity index (χ2v) is 10.3. The first kappa shape index (κ1) is 29.2. The van der Waals surface area contributed by atoms with Gasteiger partial charge in [0, 0.05) is 19.1 Å². The lowest BCUT2D eigenvalue weighted by Gasteiger charge is -2.25. The monoisotopic (exact) mass is 603 g/mol. The second kappa shape index (κ2) is 11.9. The number of para-hydroxylation sites is 1. The van der Waals surface area contributed by atoms with Crippen molar-refractivity contribution in [2.24, 2.45) is 4.99 Å². The van der Waals surface area contributed by atoms with Crippen LogP contribution in [0.25, 0.3) is 17.4 Å². The highest BCUT2D eigenvalue weighted by molar-refractivity contribution is 7.07. The SMILES string of the molecule is CCOC(=O)C1=C(C)N=c2sc(=Cc3ccc(-c4ccccc4[N+](=O)[O-])o3)c(=O)n2[C@H]1c1ccc(OC(C)=O)c(OC)c1. The molecule has 2 aromatic carbocycles. The van der Waals surface area contributed by atoms with Gasteiger partial charge >= 0.3 is 11.9 Å². The van der Waals surface area contributed by atoms with E-state index in [9.17, 15) is 24.5 Å². The second-order valence-electron chi connectivity index (χ2n) is 9.28. The van der Waals surface area contributed by atoms with E-state index in [4.69, 9.17) is 18.6 Å². The van der Waals surface area contributed by atoms with Gasteiger partial charge in [-0.2, -0.15) is 0 Å². The number of carbonyl (C=O) groups excluding carboxylic acids is 2. The van der Waals surface area contributed by atoms with Crippen LogP contribution in [-0.2, 0) is 14.3 Å². The molecule has 43 heavy (non-hydrogen) atoms. The lowest BCUT2D eigenvalue weighted by Crippen LogP contribution is -2.39. The van der Waals surface area contributed by atoms with Crippen LogP contribution in [-0.4, -0.2) is 35.1 Å². The molecule has 13 heteroatoms. The Balaban J connectivity index is 1.65. The molecule has 220 valence electrons. The highest BCUT2D eigenvalue weighted by Crippen LogP contribution is 2.36. The summed E-state index contributed by atoms with van der Waals surface area (Å²) in [5, 5.41) is 11.5. The van der Waals surface area contributed by atoms with Crippen molar-refractivity contribution < 1.29 is 33.1 Å². The van der Waals surface area contributed by atoms with E-state index >= 15 is 0 Å². The van der Waals surface area contributed by atoms with Crippen LogP contribution < -0.4 is 24.4 Å². The number of fused-ring (bicyclic) bond motifs is 1. The topological polar surface area (TPSA) is 152 Å². The molecule has 0 saturated carbocycles. The van der Waals surface area contributed by atoms with Gasteiger partial charge in [-0.1, -0.05) is 29.5 Å². The summed E-state index contributed by atoms with van der Waals surface area (Å²) < 4.78 is 23.5. The highest BCUT2D eigenvalue weighted by Gasteiger charge is 2.34. The van der Waals surface area contributed by atoms with E-state index in [-0.39, 0.29) is 39.7 Å². The Kier molecular flexibility index (Phi) is 8.08. The number of nitro benzene ring substituents is 1. The van der Waals surface area contributed by atoms with Crippen molar-refractivity contribution in [1.29, 1.82) is 0 Å². The summed E-state index contributed by atoms with van der Waals surface area (Å²) >= 11 is 1.09. The Hall–Kier alpha value is -5.30. The summed E-state index contributed by atoms with van der Waals surface area (Å²) in [5.41, 5.74) is 0.772. The first-order chi connectivity index (χ1) is 20.6. The molecule has 3 heterocycles. The summed E-state index contributed by atoms with van der Waals surface area (Å²) in [5.74, 6) is -0.202. The number of aromatic nitrogens is 1. The van der Waals surface area contributed by atoms with Crippen LogP contribution >= 0.6 is 11.3 Å². The Morgan fingerprint density at radius 2 is 1.93 bits per heavy atom. The minimum absolute atomic E-state index is 0.111. The van der Waals surface area contributed by atoms with E-state index in [1.807, 2.05) is 0 Å². The fourth-order valence-corrected chi connectivity index (χ4v) is 5.77. The first-order valence-electron chi connectivity index (χ1n) is 13.0. The molecule has 0 spiro atoms. The molecule has 1 atom stereocenters. The normalized spacial score (nSPS) is 14.6. The Bertz CT molecular complexity index is 1980. The number of allylic oxidation sites excluding steroid dienone is 1. The van der Waals surface area contributed by atoms with Crippen molar-refractivity contribution >= 4 is 35.0 Å². The largest absolute Gasteiger partial charge is 0.493 e. The third-order valence-corrected chi connectivity index (χ3v) is 7.52. The highest BCUT2D eigenvalue weighted by atomic mass is 32.1. The molecule has 0 radical (unpaired) electrons. The van der Waals surface area contributed by atoms with Gasteiger partial charge in [-0.3, -0.25) is 24.3 Å². The van der Waals surface area contributed by atoms with E-state index in [0.717, 1.165) is 11.3 Å². The molecule has 5 rings (SSSR count). The lowest BCUT2D eigenvalue weighted by molar-refractivity contribution is -0.384. The summed E-state index contributed by atoms with van der Waals surface area (Å²) in [6, 6.07) is 13.2. The van der Waals surface area contributed by atoms with Crippen molar-refractivity contribution in [2.45, 2.75) is 26.8 Å². The average Bonchev–Trinajstić information content (AvgIpc) is 3.56. The van der Waals surface area contributed by atoms with Crippen LogP contribution in [0.3, 0.4) is 0 Å². The van der Waals surface area contributed by atoms with Crippen molar-refractivity contribution in [3.8, 4) is 22.8 Å². The van der Waals surface area contributed by atoms with Crippen LogP contribution in [0.15, 0.2) is 80.1 Å². The molecule has 12 nitrogen and oxygen atoms in total. The molecule has 1 aliphatic heterocycles. The van der Waals surface area contributed by atoms with Gasteiger partial charge in [0.05, 0.1) is 46.0 Å². The molecule has 2 aromatic heterocycles. The zero-order valence-corrected chi connectivity index (χ0v) is 24.3. The molecule has 4 aromatic rings. The zero-order chi connectivity index (χ0) is 30.8. The maximum absolute atomic E-state index is 13.9. The number of benzene rings is 2. The fraction of sp³-hybridized carbons (Fsp3) is 0.200. The molecule has 0 fully saturated rings. The number of esters is 2. The van der Waals surface area contributed by atoms with Gasteiger partial charge in [-0.15, -0.1) is 0 Å². The maximum Gasteiger partial charge on any atom is 0.338 e. The van der Waals surface area contributed by atoms with E-state index in [0.29, 0.717) is 27.4 Å². The van der Waals surface area contributed by atoms with Crippen molar-refractivity contribution in [2.75, 3.05) is 13.7 Å². The molecule has 1 aliphatic rings. The van der Waals surface area contributed by atoms with Gasteiger partial charge < -0.3 is 18.6 Å². The van der Waals surface area contributed by atoms with Crippen molar-refractivity contribution in [3.05, 3.63) is 107 Å². The summed E-state index contributed by atoms with van der Waals surface area (Å²) in [6.45, 7) is 4.71. The van der Waals surface area contributed by atoms with Gasteiger partial charge in [0.2, 0.25) is 0 Å². The third kappa shape index (κ3) is 5.62. The minimum Gasteiger partial charge on any atom is -0.493 e. The molecular formula is C30H25N3O9S. The summed E-state index contributed by atoms with van der Waals surface area (Å²) in [6.07, 6.45) is 1.52. The minimum atomic E-state index is -0.933. The predicted molar refractivity (Wildman–Crippen MR) is 156 cm³/mol. The molecule has 0 saturated heterocycles. The fourth-order valence-electron chi connectivity index (χ4n) is 4.75. The molecule has 0 N–H and O–H groups in total. The Morgan fingerprint density at radius 1 is 1.16 bits per heavy atom. The number of ether oxygens (including phenoxy) is 3. The maximum atomic E-state index is 13.9. The van der Waals surface area contributed by atoms with Crippen LogP contribution in [0.4, 0.5) is 5.69 Å². The Morgan fingerprint density at radius 3 is 2.63 bits per heavy atom. The van der Waals surface area contributed by atoms with Gasteiger partial charge in [0.15, 0.2) is 16.3 Å². The van der Waals surface area contributed by atoms with Crippen LogP contribution in [0.1, 0.15) is 38.1 Å². The Labute approximate surface area is 247 Å². The quantitative estimate of drug-likeness (QED) is 0.126. The molecular weight excluding hydrogens is 578 g/mol. The van der Waals surface area contributed by atoms with Crippen molar-refractivity contribution in [1.82, 2.24) is 4.57 Å². The first-order valence-corrected chi connectivity index (χ1v) is 13.8. The molecule has 0 amide bonds. The third-order valence-electron chi connectivity index (χ3n) is 6.54. The van der Waals surface area contributed by atoms with Crippen LogP contribution in [0.5, 0.6) is 11.5 Å². The number of methoxy groups -OCH3 is 1. The van der Waals surface area contributed by atoms with Gasteiger partial charge in [0.25, 0.3) is 11.2 Å². The lowest BCUT2D eigenvalue weighted by atomic mass is 9.95. The van der Waals surface area contributed by atoms with Gasteiger partial charge in [-0.05, 0) is 49.7 Å². The summed E-state index contributed by atoms with van der Waals surface area (Å²) in [7, 11) is 1.41. The smallest absolute Gasteiger partial charge is 0.338 e. The average molecular weight is 604 g/mol. The van der Waals surface area contributed by atoms with E-state index in [1.165, 1.54) is 36.8 Å². The van der Waals surface area contributed by atoms with E-state index in [2.05, 4.69) is 4.99 Å². The number of hydrogen-bond acceptors (Lipinski definition) is 11. The summed E-state index contributed by atoms with van der Waals surface area (Å²) in [4.78, 5) is 54.5. The number of nitrogens with zero attached hydrogens (tertiary/aromatic N) is 3. The number of hydrogen-bond donors (Lipinski definition) is 0. The van der Waals surface area contributed by atoms with E-state index in [1.54, 1.807) is 56.3 Å². The molecule has 0 unspecified atom stereocenters. The van der Waals surface area contributed by atoms with Crippen LogP contribution in [0.2, 0.25) is 0 Å². The zero-order valence-electron chi connectivity index (χ0n) is 23.5. The van der Waals surface area contributed by atoms with Gasteiger partial charge in [0.1, 0.15) is 11.5 Å². The van der Waals surface area contributed by atoms with Gasteiger partial charge in [-0.25, -0.2) is 9.79 Å².